The predicted molar refractivity (Wildman–Crippen MR) is 123 cm³/mol. The van der Waals surface area contributed by atoms with Gasteiger partial charge in [0.25, 0.3) is 0 Å². The summed E-state index contributed by atoms with van der Waals surface area (Å²) in [5.41, 5.74) is 12.7. The van der Waals surface area contributed by atoms with Crippen molar-refractivity contribution >= 4 is 29.5 Å². The van der Waals surface area contributed by atoms with Gasteiger partial charge in [-0.2, -0.15) is 0 Å². The molecule has 0 bridgehead atoms. The summed E-state index contributed by atoms with van der Waals surface area (Å²) in [6.45, 7) is 1.58. The first-order valence-electron chi connectivity index (χ1n) is 10.7. The molecule has 0 aliphatic carbocycles. The molecule has 1 saturated heterocycles. The van der Waals surface area contributed by atoms with E-state index in [1.54, 1.807) is 35.5 Å². The Labute approximate surface area is 199 Å². The van der Waals surface area contributed by atoms with Crippen LogP contribution in [0.2, 0.25) is 0 Å². The van der Waals surface area contributed by atoms with Crippen molar-refractivity contribution in [1.29, 1.82) is 0 Å². The Morgan fingerprint density at radius 2 is 2.17 bits per heavy atom. The third kappa shape index (κ3) is 5.65. The molecule has 0 unspecified atom stereocenters. The molecule has 2 aromatic rings. The summed E-state index contributed by atoms with van der Waals surface area (Å²) >= 11 is 0. The molecule has 0 radical (unpaired) electrons. The zero-order chi connectivity index (χ0) is 24.9. The molecule has 2 amide bonds. The van der Waals surface area contributed by atoms with Crippen LogP contribution < -0.4 is 31.9 Å². The molecule has 0 saturated carbocycles. The largest absolute Gasteiger partial charge is 0.458 e. The van der Waals surface area contributed by atoms with Crippen molar-refractivity contribution in [2.75, 3.05) is 36.1 Å². The first-order valence-corrected chi connectivity index (χ1v) is 10.7. The number of pyridine rings is 1. The first kappa shape index (κ1) is 23.9. The van der Waals surface area contributed by atoms with Crippen molar-refractivity contribution in [3.05, 3.63) is 54.2 Å². The molecule has 3 heterocycles. The average molecular weight is 485 g/mol. The fourth-order valence-corrected chi connectivity index (χ4v) is 3.46. The van der Waals surface area contributed by atoms with E-state index in [1.165, 1.54) is 24.1 Å². The minimum Gasteiger partial charge on any atom is -0.458 e. The molecule has 12 nitrogen and oxygen atoms in total. The SMILES string of the molecule is CC(=O)NC[C@H]1CN(c2ccc(-c3ccc(N4C=C(COC(=O)CN)NN4)nc3)c(F)c2)C(=O)O1. The van der Waals surface area contributed by atoms with Crippen LogP contribution in [0, 0.1) is 5.82 Å². The summed E-state index contributed by atoms with van der Waals surface area (Å²) in [7, 11) is 0. The van der Waals surface area contributed by atoms with Gasteiger partial charge in [-0.25, -0.2) is 19.2 Å². The number of nitrogens with two attached hydrogens (primary N) is 1. The lowest BCUT2D eigenvalue weighted by molar-refractivity contribution is -0.141. The van der Waals surface area contributed by atoms with Crippen molar-refractivity contribution < 1.29 is 28.2 Å². The van der Waals surface area contributed by atoms with Gasteiger partial charge in [-0.3, -0.25) is 14.5 Å². The molecule has 1 fully saturated rings. The molecular formula is C22H24FN7O5. The maximum absolute atomic E-state index is 14.9. The van der Waals surface area contributed by atoms with E-state index in [9.17, 15) is 18.8 Å². The van der Waals surface area contributed by atoms with Crippen LogP contribution in [0.5, 0.6) is 0 Å². The number of aromatic nitrogens is 1. The second kappa shape index (κ2) is 10.4. The summed E-state index contributed by atoms with van der Waals surface area (Å²) in [6.07, 6.45) is 2.07. The molecular weight excluding hydrogens is 461 g/mol. The third-order valence-corrected chi connectivity index (χ3v) is 5.20. The lowest BCUT2D eigenvalue weighted by atomic mass is 10.1. The average Bonchev–Trinajstić information content (AvgIpc) is 3.48. The summed E-state index contributed by atoms with van der Waals surface area (Å²) in [5, 5.41) is 4.17. The van der Waals surface area contributed by atoms with Crippen LogP contribution >= 0.6 is 0 Å². The van der Waals surface area contributed by atoms with Gasteiger partial charge in [0.2, 0.25) is 5.91 Å². The predicted octanol–water partition coefficient (Wildman–Crippen LogP) is 0.522. The van der Waals surface area contributed by atoms with Crippen molar-refractivity contribution in [3.8, 4) is 11.1 Å². The fraction of sp³-hybridized carbons (Fsp3) is 0.273. The van der Waals surface area contributed by atoms with Gasteiger partial charge in [-0.1, -0.05) is 0 Å². The number of nitrogens with zero attached hydrogens (tertiary/aromatic N) is 3. The number of carbonyl (C=O) groups excluding carboxylic acids is 3. The van der Waals surface area contributed by atoms with E-state index in [-0.39, 0.29) is 32.1 Å². The molecule has 1 atom stereocenters. The summed E-state index contributed by atoms with van der Waals surface area (Å²) in [5.74, 6) is -0.757. The molecule has 35 heavy (non-hydrogen) atoms. The van der Waals surface area contributed by atoms with Crippen molar-refractivity contribution in [2.45, 2.75) is 13.0 Å². The highest BCUT2D eigenvalue weighted by molar-refractivity contribution is 5.90. The Morgan fingerprint density at radius 1 is 1.34 bits per heavy atom. The number of hydrazine groups is 2. The Kier molecular flexibility index (Phi) is 7.08. The van der Waals surface area contributed by atoms with Crippen molar-refractivity contribution in [3.63, 3.8) is 0 Å². The minimum atomic E-state index is -0.601. The van der Waals surface area contributed by atoms with Crippen LogP contribution in [-0.2, 0) is 19.1 Å². The van der Waals surface area contributed by atoms with Gasteiger partial charge in [0.15, 0.2) is 0 Å². The number of anilines is 2. The quantitative estimate of drug-likeness (QED) is 0.390. The molecule has 2 aliphatic heterocycles. The number of rotatable bonds is 8. The monoisotopic (exact) mass is 485 g/mol. The van der Waals surface area contributed by atoms with Crippen molar-refractivity contribution in [2.24, 2.45) is 5.73 Å². The topological polar surface area (TPSA) is 151 Å². The summed E-state index contributed by atoms with van der Waals surface area (Å²) in [4.78, 5) is 40.1. The summed E-state index contributed by atoms with van der Waals surface area (Å²) in [6, 6.07) is 7.84. The molecule has 1 aromatic carbocycles. The van der Waals surface area contributed by atoms with Gasteiger partial charge in [0, 0.05) is 30.4 Å². The van der Waals surface area contributed by atoms with E-state index < -0.39 is 24.0 Å². The summed E-state index contributed by atoms with van der Waals surface area (Å²) < 4.78 is 25.1. The number of halogens is 1. The maximum Gasteiger partial charge on any atom is 0.414 e. The second-order valence-corrected chi connectivity index (χ2v) is 7.75. The van der Waals surface area contributed by atoms with Crippen LogP contribution in [-0.4, -0.2) is 55.3 Å². The van der Waals surface area contributed by atoms with Gasteiger partial charge < -0.3 is 25.9 Å². The van der Waals surface area contributed by atoms with E-state index in [0.717, 1.165) is 0 Å². The second-order valence-electron chi connectivity index (χ2n) is 7.75. The van der Waals surface area contributed by atoms with E-state index in [2.05, 4.69) is 21.3 Å². The maximum atomic E-state index is 14.9. The number of hydrogen-bond donors (Lipinski definition) is 4. The molecule has 184 valence electrons. The number of nitrogens with one attached hydrogen (secondary N) is 3. The number of benzene rings is 1. The Morgan fingerprint density at radius 3 is 2.86 bits per heavy atom. The minimum absolute atomic E-state index is 0.0216. The number of ether oxygens (including phenoxy) is 2. The van der Waals surface area contributed by atoms with Gasteiger partial charge in [-0.05, 0) is 30.3 Å². The molecule has 4 rings (SSSR count). The van der Waals surface area contributed by atoms with Crippen LogP contribution in [0.25, 0.3) is 11.1 Å². The van der Waals surface area contributed by atoms with E-state index in [4.69, 9.17) is 15.2 Å². The van der Waals surface area contributed by atoms with Crippen LogP contribution in [0.4, 0.5) is 20.7 Å². The lowest BCUT2D eigenvalue weighted by Crippen LogP contribution is -2.37. The highest BCUT2D eigenvalue weighted by Gasteiger charge is 2.32. The lowest BCUT2D eigenvalue weighted by Gasteiger charge is -2.16. The fourth-order valence-electron chi connectivity index (χ4n) is 3.46. The van der Waals surface area contributed by atoms with E-state index in [0.29, 0.717) is 28.3 Å². The normalized spacial score (nSPS) is 17.1. The zero-order valence-electron chi connectivity index (χ0n) is 18.8. The van der Waals surface area contributed by atoms with Gasteiger partial charge >= 0.3 is 12.1 Å². The molecule has 5 N–H and O–H groups in total. The number of cyclic esters (lactones) is 1. The molecule has 2 aliphatic rings. The zero-order valence-corrected chi connectivity index (χ0v) is 18.8. The number of amides is 2. The number of carbonyl (C=O) groups is 3. The Balaban J connectivity index is 1.41. The number of hydrogen-bond acceptors (Lipinski definition) is 10. The molecule has 13 heteroatoms. The Hall–Kier alpha value is -4.23. The van der Waals surface area contributed by atoms with Crippen molar-refractivity contribution in [1.82, 2.24) is 21.3 Å². The Bertz CT molecular complexity index is 1160. The number of esters is 1. The standard InChI is InChI=1S/C22H24FN7O5/c1-13(31)25-9-17-11-29(22(33)35-17)16-3-4-18(19(23)6-16)14-2-5-20(26-8-14)30-10-15(27-28-30)12-34-21(32)7-24/h2-6,8,10,17,27-28H,7,9,11-12,24H2,1H3,(H,25,31)/t17-/m0/s1. The first-order chi connectivity index (χ1) is 16.8. The highest BCUT2D eigenvalue weighted by atomic mass is 19.1. The van der Waals surface area contributed by atoms with Gasteiger partial charge in [0.1, 0.15) is 24.3 Å². The smallest absolute Gasteiger partial charge is 0.414 e. The molecule has 0 spiro atoms. The van der Waals surface area contributed by atoms with Crippen LogP contribution in [0.15, 0.2) is 48.4 Å². The van der Waals surface area contributed by atoms with E-state index >= 15 is 0 Å². The van der Waals surface area contributed by atoms with Gasteiger partial charge in [0.05, 0.1) is 31.0 Å². The third-order valence-electron chi connectivity index (χ3n) is 5.20. The van der Waals surface area contributed by atoms with E-state index in [1.807, 2.05) is 0 Å². The van der Waals surface area contributed by atoms with Gasteiger partial charge in [-0.15, -0.1) is 5.53 Å². The molecule has 1 aromatic heterocycles. The van der Waals surface area contributed by atoms with Crippen LogP contribution in [0.3, 0.4) is 0 Å². The van der Waals surface area contributed by atoms with Crippen LogP contribution in [0.1, 0.15) is 6.92 Å². The highest BCUT2D eigenvalue weighted by Crippen LogP contribution is 2.29.